The summed E-state index contributed by atoms with van der Waals surface area (Å²) in [4.78, 5) is 25.7. The van der Waals surface area contributed by atoms with Crippen molar-refractivity contribution in [3.8, 4) is 0 Å². The quantitative estimate of drug-likeness (QED) is 0.706. The maximum absolute atomic E-state index is 11.7. The highest BCUT2D eigenvalue weighted by Gasteiger charge is 2.03. The van der Waals surface area contributed by atoms with Gasteiger partial charge >= 0.3 is 11.7 Å². The lowest BCUT2D eigenvalue weighted by Gasteiger charge is -1.89. The fraction of sp³-hybridized carbons (Fsp3) is 0.111. The zero-order chi connectivity index (χ0) is 11.5. The van der Waals surface area contributed by atoms with Crippen molar-refractivity contribution in [3.05, 3.63) is 41.2 Å². The van der Waals surface area contributed by atoms with Crippen LogP contribution in [0.2, 0.25) is 0 Å². The number of fused-ring (bicyclic) bond motifs is 1. The molecule has 0 aliphatic heterocycles. The van der Waals surface area contributed by atoms with Crippen LogP contribution in [0.1, 0.15) is 0 Å². The van der Waals surface area contributed by atoms with Gasteiger partial charge in [-0.05, 0) is 0 Å². The maximum Gasteiger partial charge on any atom is 0.350 e. The first-order chi connectivity index (χ1) is 7.68. The van der Waals surface area contributed by atoms with Gasteiger partial charge in [-0.15, -0.1) is 5.10 Å². The Labute approximate surface area is 89.3 Å². The molecule has 82 valence electrons. The van der Waals surface area contributed by atoms with E-state index >= 15 is 0 Å². The Bertz CT molecular complexity index is 610. The molecular formula is C9H8N4O3. The first-order valence-corrected chi connectivity index (χ1v) is 4.47. The van der Waals surface area contributed by atoms with Crippen LogP contribution >= 0.6 is 0 Å². The minimum absolute atomic E-state index is 0.118. The van der Waals surface area contributed by atoms with Gasteiger partial charge in [0.25, 0.3) is 0 Å². The molecule has 7 heteroatoms. The average Bonchev–Trinajstić information content (AvgIpc) is 2.56. The van der Waals surface area contributed by atoms with Gasteiger partial charge in [-0.1, -0.05) is 6.08 Å². The summed E-state index contributed by atoms with van der Waals surface area (Å²) in [6, 6.07) is 0. The van der Waals surface area contributed by atoms with Crippen LogP contribution in [0.5, 0.6) is 0 Å². The smallest absolute Gasteiger partial charge is 0.350 e. The molecule has 0 amide bonds. The lowest BCUT2D eigenvalue weighted by molar-refractivity contribution is -0.131. The first-order valence-electron chi connectivity index (χ1n) is 4.47. The molecule has 2 rings (SSSR count). The number of carboxylic acid groups (broad SMARTS) is 1. The third kappa shape index (κ3) is 1.83. The predicted molar refractivity (Wildman–Crippen MR) is 54.0 cm³/mol. The second-order valence-corrected chi connectivity index (χ2v) is 3.01. The molecule has 0 radical (unpaired) electrons. The van der Waals surface area contributed by atoms with E-state index in [2.05, 4.69) is 10.1 Å². The molecule has 0 fully saturated rings. The van der Waals surface area contributed by atoms with Crippen LogP contribution in [0.4, 0.5) is 0 Å². The van der Waals surface area contributed by atoms with Crippen molar-refractivity contribution in [2.24, 2.45) is 0 Å². The van der Waals surface area contributed by atoms with E-state index in [1.807, 2.05) is 0 Å². The number of rotatable bonds is 3. The molecule has 2 aromatic heterocycles. The number of allylic oxidation sites excluding steroid dienone is 1. The number of aromatic nitrogens is 4. The van der Waals surface area contributed by atoms with Crippen LogP contribution in [0.25, 0.3) is 5.65 Å². The molecule has 1 N–H and O–H groups in total. The van der Waals surface area contributed by atoms with Crippen LogP contribution < -0.4 is 5.69 Å². The van der Waals surface area contributed by atoms with Crippen molar-refractivity contribution in [3.63, 3.8) is 0 Å². The lowest BCUT2D eigenvalue weighted by Crippen LogP contribution is -2.20. The largest absolute Gasteiger partial charge is 0.478 e. The molecule has 16 heavy (non-hydrogen) atoms. The standard InChI is InChI=1S/C9H8N4O3/c14-8(15)2-1-4-13-9(16)12-5-3-10-6-7(12)11-13/h1-3,5-6H,4H2,(H,14,15)/b2-1+. The van der Waals surface area contributed by atoms with Crippen molar-refractivity contribution in [2.45, 2.75) is 6.54 Å². The lowest BCUT2D eigenvalue weighted by atomic mass is 10.5. The Morgan fingerprint density at radius 3 is 3.06 bits per heavy atom. The number of hydrogen-bond acceptors (Lipinski definition) is 4. The highest BCUT2D eigenvalue weighted by atomic mass is 16.4. The highest BCUT2D eigenvalue weighted by Crippen LogP contribution is 1.92. The summed E-state index contributed by atoms with van der Waals surface area (Å²) >= 11 is 0. The van der Waals surface area contributed by atoms with Gasteiger partial charge in [0.15, 0.2) is 5.65 Å². The Hall–Kier alpha value is -2.44. The molecule has 0 bridgehead atoms. The van der Waals surface area contributed by atoms with Crippen LogP contribution in [-0.2, 0) is 11.3 Å². The molecule has 0 aromatic carbocycles. The minimum atomic E-state index is -1.06. The third-order valence-electron chi connectivity index (χ3n) is 1.93. The zero-order valence-corrected chi connectivity index (χ0v) is 8.15. The summed E-state index contributed by atoms with van der Waals surface area (Å²) in [5, 5.41) is 12.4. The van der Waals surface area contributed by atoms with Crippen molar-refractivity contribution in [1.29, 1.82) is 0 Å². The first kappa shape index (κ1) is 10.1. The maximum atomic E-state index is 11.7. The van der Waals surface area contributed by atoms with Gasteiger partial charge in [0, 0.05) is 18.5 Å². The van der Waals surface area contributed by atoms with Gasteiger partial charge in [0.05, 0.1) is 12.7 Å². The summed E-state index contributed by atoms with van der Waals surface area (Å²) in [5.74, 6) is -1.06. The van der Waals surface area contributed by atoms with E-state index in [0.29, 0.717) is 5.65 Å². The molecule has 7 nitrogen and oxygen atoms in total. The molecule has 0 unspecified atom stereocenters. The number of nitrogens with zero attached hydrogens (tertiary/aromatic N) is 4. The van der Waals surface area contributed by atoms with Crippen LogP contribution in [0.3, 0.4) is 0 Å². The Balaban J connectivity index is 2.35. The SMILES string of the molecule is O=C(O)/C=C/Cn1nc2cnccn2c1=O. The summed E-state index contributed by atoms with van der Waals surface area (Å²) < 4.78 is 2.50. The van der Waals surface area contributed by atoms with Gasteiger partial charge in [-0.25, -0.2) is 18.7 Å². The van der Waals surface area contributed by atoms with Gasteiger partial charge in [0.2, 0.25) is 0 Å². The van der Waals surface area contributed by atoms with Gasteiger partial charge in [-0.2, -0.15) is 0 Å². The van der Waals surface area contributed by atoms with Crippen LogP contribution in [0.15, 0.2) is 35.5 Å². The van der Waals surface area contributed by atoms with Gasteiger partial charge in [0.1, 0.15) is 0 Å². The topological polar surface area (TPSA) is 89.5 Å². The Kier molecular flexibility index (Phi) is 2.50. The van der Waals surface area contributed by atoms with E-state index in [1.54, 1.807) is 0 Å². The Morgan fingerprint density at radius 2 is 2.38 bits per heavy atom. The van der Waals surface area contributed by atoms with Crippen LogP contribution in [0, 0.1) is 0 Å². The summed E-state index contributed by atoms with van der Waals surface area (Å²) in [6.45, 7) is 0.118. The molecule has 0 spiro atoms. The number of carboxylic acids is 1. The summed E-state index contributed by atoms with van der Waals surface area (Å²) in [5.41, 5.74) is 0.101. The monoisotopic (exact) mass is 220 g/mol. The minimum Gasteiger partial charge on any atom is -0.478 e. The fourth-order valence-corrected chi connectivity index (χ4v) is 1.25. The molecule has 0 saturated heterocycles. The second kappa shape index (κ2) is 3.97. The van der Waals surface area contributed by atoms with Crippen molar-refractivity contribution >= 4 is 11.6 Å². The number of carbonyl (C=O) groups is 1. The summed E-state index contributed by atoms with van der Waals surface area (Å²) in [6.07, 6.45) is 6.76. The van der Waals surface area contributed by atoms with Crippen molar-refractivity contribution in [2.75, 3.05) is 0 Å². The average molecular weight is 220 g/mol. The predicted octanol–water partition coefficient (Wildman–Crippen LogP) is -0.468. The normalized spacial score (nSPS) is 11.2. The Morgan fingerprint density at radius 1 is 1.56 bits per heavy atom. The number of aliphatic carboxylic acids is 1. The second-order valence-electron chi connectivity index (χ2n) is 3.01. The van der Waals surface area contributed by atoms with E-state index in [-0.39, 0.29) is 12.2 Å². The molecule has 2 heterocycles. The van der Waals surface area contributed by atoms with E-state index in [4.69, 9.17) is 5.11 Å². The van der Waals surface area contributed by atoms with Gasteiger partial charge in [-0.3, -0.25) is 4.98 Å². The molecule has 0 saturated carbocycles. The van der Waals surface area contributed by atoms with Crippen LogP contribution in [-0.4, -0.2) is 30.2 Å². The fourth-order valence-electron chi connectivity index (χ4n) is 1.25. The third-order valence-corrected chi connectivity index (χ3v) is 1.93. The highest BCUT2D eigenvalue weighted by molar-refractivity contribution is 5.79. The van der Waals surface area contributed by atoms with E-state index in [1.165, 1.54) is 29.1 Å². The summed E-state index contributed by atoms with van der Waals surface area (Å²) in [7, 11) is 0. The molecule has 2 aromatic rings. The molecule has 0 atom stereocenters. The van der Waals surface area contributed by atoms with Crippen molar-refractivity contribution in [1.82, 2.24) is 19.2 Å². The van der Waals surface area contributed by atoms with E-state index in [0.717, 1.165) is 10.8 Å². The molecular weight excluding hydrogens is 212 g/mol. The number of hydrogen-bond donors (Lipinski definition) is 1. The van der Waals surface area contributed by atoms with Gasteiger partial charge < -0.3 is 5.11 Å². The molecule has 0 aliphatic carbocycles. The van der Waals surface area contributed by atoms with E-state index < -0.39 is 5.97 Å². The van der Waals surface area contributed by atoms with Crippen molar-refractivity contribution < 1.29 is 9.90 Å². The molecule has 0 aliphatic rings. The van der Waals surface area contributed by atoms with E-state index in [9.17, 15) is 9.59 Å². The zero-order valence-electron chi connectivity index (χ0n) is 8.15.